The molecule has 1 amide bonds. The van der Waals surface area contributed by atoms with Crippen molar-refractivity contribution < 1.29 is 13.9 Å². The zero-order chi connectivity index (χ0) is 19.2. The summed E-state index contributed by atoms with van der Waals surface area (Å²) in [6.45, 7) is 4.52. The van der Waals surface area contributed by atoms with E-state index in [0.29, 0.717) is 5.69 Å². The molecule has 0 aromatic heterocycles. The number of benzene rings is 2. The van der Waals surface area contributed by atoms with Gasteiger partial charge >= 0.3 is 0 Å². The fraction of sp³-hybridized carbons (Fsp3) is 0.350. The van der Waals surface area contributed by atoms with Gasteiger partial charge in [-0.1, -0.05) is 23.7 Å². The number of carbonyl (C=O) groups excluding carboxylic acids is 1. The molecule has 5 nitrogen and oxygen atoms in total. The SMILES string of the molecule is COc1cccc(CN2CCN(CC(=O)Nc3cc(F)cc(Cl)c3)CC2)c1. The lowest BCUT2D eigenvalue weighted by Gasteiger charge is -2.34. The van der Waals surface area contributed by atoms with E-state index in [1.54, 1.807) is 7.11 Å². The molecule has 2 aromatic rings. The lowest BCUT2D eigenvalue weighted by molar-refractivity contribution is -0.117. The average molecular weight is 392 g/mol. The van der Waals surface area contributed by atoms with Gasteiger partial charge in [-0.15, -0.1) is 0 Å². The van der Waals surface area contributed by atoms with Gasteiger partial charge in [0.15, 0.2) is 0 Å². The van der Waals surface area contributed by atoms with Gasteiger partial charge in [0, 0.05) is 43.4 Å². The maximum Gasteiger partial charge on any atom is 0.238 e. The highest BCUT2D eigenvalue weighted by Crippen LogP contribution is 2.18. The Morgan fingerprint density at radius 1 is 1.15 bits per heavy atom. The van der Waals surface area contributed by atoms with Crippen LogP contribution in [0.4, 0.5) is 10.1 Å². The molecule has 1 aliphatic rings. The summed E-state index contributed by atoms with van der Waals surface area (Å²) >= 11 is 5.81. The molecule has 0 unspecified atom stereocenters. The van der Waals surface area contributed by atoms with Crippen LogP contribution >= 0.6 is 11.6 Å². The molecule has 1 aliphatic heterocycles. The number of piperazine rings is 1. The molecule has 0 aliphatic carbocycles. The molecule has 0 atom stereocenters. The van der Waals surface area contributed by atoms with Gasteiger partial charge in [-0.05, 0) is 35.9 Å². The molecule has 1 fully saturated rings. The molecule has 27 heavy (non-hydrogen) atoms. The maximum absolute atomic E-state index is 13.3. The third-order valence-electron chi connectivity index (χ3n) is 4.52. The highest BCUT2D eigenvalue weighted by molar-refractivity contribution is 6.30. The van der Waals surface area contributed by atoms with Crippen molar-refractivity contribution >= 4 is 23.2 Å². The van der Waals surface area contributed by atoms with Gasteiger partial charge in [0.25, 0.3) is 0 Å². The van der Waals surface area contributed by atoms with Crippen LogP contribution in [-0.2, 0) is 11.3 Å². The van der Waals surface area contributed by atoms with Crippen molar-refractivity contribution in [2.24, 2.45) is 0 Å². The van der Waals surface area contributed by atoms with Crippen molar-refractivity contribution in [3.05, 3.63) is 58.9 Å². The standard InChI is InChI=1S/C20H23ClFN3O2/c1-27-19-4-2-3-15(9-19)13-24-5-7-25(8-6-24)14-20(26)23-18-11-16(21)10-17(22)12-18/h2-4,9-12H,5-8,13-14H2,1H3,(H,23,26). The van der Waals surface area contributed by atoms with Crippen molar-refractivity contribution in [3.63, 3.8) is 0 Å². The molecule has 0 saturated carbocycles. The molecule has 1 saturated heterocycles. The van der Waals surface area contributed by atoms with Gasteiger partial charge in [0.2, 0.25) is 5.91 Å². The summed E-state index contributed by atoms with van der Waals surface area (Å²) in [7, 11) is 1.67. The second-order valence-corrected chi connectivity index (χ2v) is 7.05. The highest BCUT2D eigenvalue weighted by Gasteiger charge is 2.19. The first kappa shape index (κ1) is 19.6. The Balaban J connectivity index is 1.45. The van der Waals surface area contributed by atoms with Crippen molar-refractivity contribution in [1.29, 1.82) is 0 Å². The number of nitrogens with zero attached hydrogens (tertiary/aromatic N) is 2. The van der Waals surface area contributed by atoms with E-state index >= 15 is 0 Å². The summed E-state index contributed by atoms with van der Waals surface area (Å²) < 4.78 is 18.6. The second-order valence-electron chi connectivity index (χ2n) is 6.61. The van der Waals surface area contributed by atoms with E-state index < -0.39 is 5.82 Å². The average Bonchev–Trinajstić information content (AvgIpc) is 2.62. The van der Waals surface area contributed by atoms with Gasteiger partial charge in [-0.25, -0.2) is 4.39 Å². The lowest BCUT2D eigenvalue weighted by atomic mass is 10.2. The number of anilines is 1. The maximum atomic E-state index is 13.3. The molecule has 3 rings (SSSR count). The minimum atomic E-state index is -0.469. The third kappa shape index (κ3) is 5.92. The van der Waals surface area contributed by atoms with Crippen LogP contribution < -0.4 is 10.1 Å². The van der Waals surface area contributed by atoms with Gasteiger partial charge in [0.05, 0.1) is 13.7 Å². The predicted molar refractivity (Wildman–Crippen MR) is 105 cm³/mol. The number of nitrogens with one attached hydrogen (secondary N) is 1. The quantitative estimate of drug-likeness (QED) is 0.821. The van der Waals surface area contributed by atoms with E-state index in [9.17, 15) is 9.18 Å². The topological polar surface area (TPSA) is 44.8 Å². The molecule has 0 bridgehead atoms. The van der Waals surface area contributed by atoms with Gasteiger partial charge in [0.1, 0.15) is 11.6 Å². The van der Waals surface area contributed by atoms with E-state index in [0.717, 1.165) is 38.5 Å². The highest BCUT2D eigenvalue weighted by atomic mass is 35.5. The summed E-state index contributed by atoms with van der Waals surface area (Å²) in [5.74, 6) is 0.224. The fourth-order valence-electron chi connectivity index (χ4n) is 3.16. The molecule has 1 heterocycles. The Bertz CT molecular complexity index is 774. The molecule has 0 radical (unpaired) electrons. The summed E-state index contributed by atoms with van der Waals surface area (Å²) in [6.07, 6.45) is 0. The Kier molecular flexibility index (Phi) is 6.66. The fourth-order valence-corrected chi connectivity index (χ4v) is 3.39. The van der Waals surface area contributed by atoms with Crippen molar-refractivity contribution in [3.8, 4) is 5.75 Å². The monoisotopic (exact) mass is 391 g/mol. The number of amides is 1. The van der Waals surface area contributed by atoms with E-state index in [-0.39, 0.29) is 17.5 Å². The minimum absolute atomic E-state index is 0.169. The number of hydrogen-bond donors (Lipinski definition) is 1. The zero-order valence-electron chi connectivity index (χ0n) is 15.3. The van der Waals surface area contributed by atoms with Crippen LogP contribution in [0.5, 0.6) is 5.75 Å². The van der Waals surface area contributed by atoms with Crippen molar-refractivity contribution in [2.75, 3.05) is 45.2 Å². The zero-order valence-corrected chi connectivity index (χ0v) is 16.0. The Hall–Kier alpha value is -2.15. The van der Waals surface area contributed by atoms with Gasteiger partial charge in [-0.2, -0.15) is 0 Å². The normalized spacial score (nSPS) is 15.5. The lowest BCUT2D eigenvalue weighted by Crippen LogP contribution is -2.48. The van der Waals surface area contributed by atoms with Crippen LogP contribution in [0.15, 0.2) is 42.5 Å². The Morgan fingerprint density at radius 2 is 1.89 bits per heavy atom. The van der Waals surface area contributed by atoms with Crippen molar-refractivity contribution in [1.82, 2.24) is 9.80 Å². The van der Waals surface area contributed by atoms with Crippen LogP contribution in [0.25, 0.3) is 0 Å². The van der Waals surface area contributed by atoms with E-state index in [1.807, 2.05) is 18.2 Å². The number of carbonyl (C=O) groups is 1. The minimum Gasteiger partial charge on any atom is -0.497 e. The summed E-state index contributed by atoms with van der Waals surface area (Å²) in [5.41, 5.74) is 1.59. The van der Waals surface area contributed by atoms with Crippen LogP contribution in [0, 0.1) is 5.82 Å². The number of rotatable bonds is 6. The molecule has 1 N–H and O–H groups in total. The number of methoxy groups -OCH3 is 1. The Labute approximate surface area is 163 Å². The summed E-state index contributed by atoms with van der Waals surface area (Å²) in [4.78, 5) is 16.7. The predicted octanol–water partition coefficient (Wildman–Crippen LogP) is 3.24. The summed E-state index contributed by atoms with van der Waals surface area (Å²) in [5, 5.41) is 2.96. The van der Waals surface area contributed by atoms with Crippen LogP contribution in [-0.4, -0.2) is 55.5 Å². The molecule has 2 aromatic carbocycles. The van der Waals surface area contributed by atoms with Gasteiger partial charge in [-0.3, -0.25) is 14.6 Å². The number of ether oxygens (including phenoxy) is 1. The molecule has 144 valence electrons. The summed E-state index contributed by atoms with van der Waals surface area (Å²) in [6, 6.07) is 12.1. The van der Waals surface area contributed by atoms with E-state index in [4.69, 9.17) is 16.3 Å². The second kappa shape index (κ2) is 9.17. The third-order valence-corrected chi connectivity index (χ3v) is 4.74. The molecule has 7 heteroatoms. The first-order chi connectivity index (χ1) is 13.0. The van der Waals surface area contributed by atoms with Crippen LogP contribution in [0.3, 0.4) is 0 Å². The van der Waals surface area contributed by atoms with Gasteiger partial charge < -0.3 is 10.1 Å². The largest absolute Gasteiger partial charge is 0.497 e. The van der Waals surface area contributed by atoms with E-state index in [1.165, 1.54) is 23.8 Å². The molecule has 0 spiro atoms. The first-order valence-corrected chi connectivity index (χ1v) is 9.23. The molecular formula is C20H23ClFN3O2. The smallest absolute Gasteiger partial charge is 0.238 e. The number of halogens is 2. The van der Waals surface area contributed by atoms with Crippen LogP contribution in [0.1, 0.15) is 5.56 Å². The van der Waals surface area contributed by atoms with E-state index in [2.05, 4.69) is 21.2 Å². The number of hydrogen-bond acceptors (Lipinski definition) is 4. The van der Waals surface area contributed by atoms with Crippen LogP contribution in [0.2, 0.25) is 5.02 Å². The molecular weight excluding hydrogens is 369 g/mol. The van der Waals surface area contributed by atoms with Crippen molar-refractivity contribution in [2.45, 2.75) is 6.54 Å². The Morgan fingerprint density at radius 3 is 2.59 bits per heavy atom. The first-order valence-electron chi connectivity index (χ1n) is 8.85.